The molecule has 11 nitrogen and oxygen atoms in total. The van der Waals surface area contributed by atoms with Crippen molar-refractivity contribution >= 4 is 50.4 Å². The number of hydrogen-bond donors (Lipinski definition) is 0. The highest BCUT2D eigenvalue weighted by Gasteiger charge is 2.40. The number of aryl methyl sites for hydroxylation is 2. The van der Waals surface area contributed by atoms with E-state index in [1.54, 1.807) is 32.6 Å². The molecule has 33 heavy (non-hydrogen) atoms. The monoisotopic (exact) mass is 523 g/mol. The average molecular weight is 524 g/mol. The van der Waals surface area contributed by atoms with Crippen molar-refractivity contribution in [3.05, 3.63) is 32.0 Å². The first kappa shape index (κ1) is 24.6. The molecule has 0 bridgehead atoms. The van der Waals surface area contributed by atoms with Crippen molar-refractivity contribution in [3.63, 3.8) is 0 Å². The number of esters is 1. The number of nitro groups is 1. The van der Waals surface area contributed by atoms with Gasteiger partial charge in [0.05, 0.1) is 29.8 Å². The van der Waals surface area contributed by atoms with Crippen molar-refractivity contribution < 1.29 is 24.0 Å². The van der Waals surface area contributed by atoms with Crippen LogP contribution >= 0.6 is 15.9 Å². The van der Waals surface area contributed by atoms with E-state index in [0.29, 0.717) is 16.7 Å². The van der Waals surface area contributed by atoms with Gasteiger partial charge in [0.15, 0.2) is 0 Å². The van der Waals surface area contributed by atoms with Crippen molar-refractivity contribution in [2.75, 3.05) is 31.6 Å². The van der Waals surface area contributed by atoms with Gasteiger partial charge in [0.2, 0.25) is 0 Å². The Labute approximate surface area is 199 Å². The number of carbonyl (C=O) groups excluding carboxylic acids is 2. The fraction of sp³-hybridized carbons (Fsp3) is 0.524. The molecule has 1 amide bonds. The lowest BCUT2D eigenvalue weighted by Gasteiger charge is -2.41. The van der Waals surface area contributed by atoms with E-state index < -0.39 is 28.6 Å². The molecular weight excluding hydrogens is 498 g/mol. The summed E-state index contributed by atoms with van der Waals surface area (Å²) in [5.41, 5.74) is 1.37. The summed E-state index contributed by atoms with van der Waals surface area (Å²) in [4.78, 5) is 48.6. The van der Waals surface area contributed by atoms with Crippen molar-refractivity contribution in [1.82, 2.24) is 14.9 Å². The maximum atomic E-state index is 12.8. The van der Waals surface area contributed by atoms with Crippen LogP contribution in [0.4, 0.5) is 16.2 Å². The molecule has 0 unspecified atom stereocenters. The third-order valence-electron chi connectivity index (χ3n) is 5.28. The van der Waals surface area contributed by atoms with Crippen LogP contribution < -0.4 is 4.90 Å². The Morgan fingerprint density at radius 1 is 1.24 bits per heavy atom. The number of piperazine rings is 1. The first-order valence-electron chi connectivity index (χ1n) is 10.3. The first-order valence-corrected chi connectivity index (χ1v) is 11.1. The molecule has 1 atom stereocenters. The molecule has 3 rings (SSSR count). The molecule has 0 radical (unpaired) electrons. The number of carbonyl (C=O) groups is 2. The van der Waals surface area contributed by atoms with E-state index in [1.165, 1.54) is 18.2 Å². The highest BCUT2D eigenvalue weighted by Crippen LogP contribution is 2.39. The summed E-state index contributed by atoms with van der Waals surface area (Å²) in [5.74, 6) is -0.631. The molecule has 1 saturated heterocycles. The maximum Gasteiger partial charge on any atom is 0.410 e. The van der Waals surface area contributed by atoms with Gasteiger partial charge in [-0.3, -0.25) is 10.1 Å². The average Bonchev–Trinajstić information content (AvgIpc) is 2.74. The number of nitrogens with zero attached hydrogens (tertiary/aromatic N) is 5. The summed E-state index contributed by atoms with van der Waals surface area (Å²) in [7, 11) is 1.23. The quantitative estimate of drug-likeness (QED) is 0.337. The molecule has 3 heterocycles. The standard InChI is InChI=1S/C21H26BrN5O6/c1-11-15(22)12(2)24-17-16(11)23-9-13(27(30)31)18(17)26-8-7-25(10-14(26)19(28)32-6)20(29)33-21(3,4)5/h9,14H,7-8,10H2,1-6H3/t14-/m1/s1. The van der Waals surface area contributed by atoms with Crippen molar-refractivity contribution in [2.24, 2.45) is 0 Å². The van der Waals surface area contributed by atoms with Gasteiger partial charge in [-0.1, -0.05) is 0 Å². The molecule has 0 spiro atoms. The van der Waals surface area contributed by atoms with Gasteiger partial charge < -0.3 is 19.3 Å². The second kappa shape index (κ2) is 9.08. The van der Waals surface area contributed by atoms with E-state index in [-0.39, 0.29) is 31.0 Å². The molecule has 0 N–H and O–H groups in total. The van der Waals surface area contributed by atoms with E-state index in [2.05, 4.69) is 25.9 Å². The minimum absolute atomic E-state index is 0.0585. The second-order valence-electron chi connectivity index (χ2n) is 8.74. The van der Waals surface area contributed by atoms with E-state index in [9.17, 15) is 19.7 Å². The Morgan fingerprint density at radius 3 is 2.48 bits per heavy atom. The van der Waals surface area contributed by atoms with Gasteiger partial charge in [-0.2, -0.15) is 0 Å². The van der Waals surface area contributed by atoms with Crippen LogP contribution in [0.2, 0.25) is 0 Å². The number of hydrogen-bond acceptors (Lipinski definition) is 9. The summed E-state index contributed by atoms with van der Waals surface area (Å²) in [6.07, 6.45) is 0.599. The largest absolute Gasteiger partial charge is 0.467 e. The van der Waals surface area contributed by atoms with Gasteiger partial charge in [-0.15, -0.1) is 0 Å². The summed E-state index contributed by atoms with van der Waals surface area (Å²) in [6, 6.07) is -0.994. The van der Waals surface area contributed by atoms with Crippen LogP contribution in [-0.4, -0.2) is 70.2 Å². The minimum atomic E-state index is -0.994. The number of anilines is 1. The normalized spacial score (nSPS) is 16.6. The highest BCUT2D eigenvalue weighted by atomic mass is 79.9. The Bertz CT molecular complexity index is 1130. The lowest BCUT2D eigenvalue weighted by Crippen LogP contribution is -2.59. The Morgan fingerprint density at radius 2 is 1.91 bits per heavy atom. The lowest BCUT2D eigenvalue weighted by atomic mass is 10.1. The lowest BCUT2D eigenvalue weighted by molar-refractivity contribution is -0.384. The molecule has 0 aliphatic carbocycles. The number of halogens is 1. The van der Waals surface area contributed by atoms with Crippen LogP contribution in [-0.2, 0) is 14.3 Å². The smallest absolute Gasteiger partial charge is 0.410 e. The number of amides is 1. The molecule has 2 aromatic heterocycles. The molecule has 2 aromatic rings. The van der Waals surface area contributed by atoms with E-state index in [0.717, 1.165) is 10.0 Å². The minimum Gasteiger partial charge on any atom is -0.467 e. The van der Waals surface area contributed by atoms with E-state index >= 15 is 0 Å². The number of aromatic nitrogens is 2. The molecule has 1 aliphatic rings. The van der Waals surface area contributed by atoms with Crippen LogP contribution in [0.3, 0.4) is 0 Å². The molecule has 12 heteroatoms. The van der Waals surface area contributed by atoms with Gasteiger partial charge in [0.1, 0.15) is 29.0 Å². The van der Waals surface area contributed by atoms with Crippen LogP contribution in [0.25, 0.3) is 11.0 Å². The summed E-state index contributed by atoms with van der Waals surface area (Å²) < 4.78 is 11.2. The fourth-order valence-electron chi connectivity index (χ4n) is 3.75. The number of ether oxygens (including phenoxy) is 2. The van der Waals surface area contributed by atoms with Gasteiger partial charge >= 0.3 is 17.7 Å². The number of rotatable bonds is 3. The zero-order chi connectivity index (χ0) is 24.7. The Hall–Kier alpha value is -3.02. The van der Waals surface area contributed by atoms with Gasteiger partial charge in [-0.05, 0) is 56.1 Å². The van der Waals surface area contributed by atoms with Crippen LogP contribution in [0.5, 0.6) is 0 Å². The Balaban J connectivity index is 2.15. The van der Waals surface area contributed by atoms with Crippen molar-refractivity contribution in [2.45, 2.75) is 46.3 Å². The molecule has 178 valence electrons. The SMILES string of the molecule is COC(=O)[C@H]1CN(C(=O)OC(C)(C)C)CCN1c1c([N+](=O)[O-])cnc2c(C)c(Br)c(C)nc12. The van der Waals surface area contributed by atoms with E-state index in [1.807, 2.05) is 6.92 Å². The third-order valence-corrected chi connectivity index (χ3v) is 6.45. The maximum absolute atomic E-state index is 12.8. The highest BCUT2D eigenvalue weighted by molar-refractivity contribution is 9.10. The molecular formula is C21H26BrN5O6. The number of pyridine rings is 2. The topological polar surface area (TPSA) is 128 Å². The third kappa shape index (κ3) is 4.85. The molecule has 0 aromatic carbocycles. The number of fused-ring (bicyclic) bond motifs is 1. The zero-order valence-electron chi connectivity index (χ0n) is 19.3. The summed E-state index contributed by atoms with van der Waals surface area (Å²) >= 11 is 3.48. The predicted molar refractivity (Wildman–Crippen MR) is 124 cm³/mol. The second-order valence-corrected chi connectivity index (χ2v) is 9.53. The number of methoxy groups -OCH3 is 1. The first-order chi connectivity index (χ1) is 15.4. The predicted octanol–water partition coefficient (Wildman–Crippen LogP) is 3.52. The van der Waals surface area contributed by atoms with Crippen LogP contribution in [0.15, 0.2) is 10.7 Å². The van der Waals surface area contributed by atoms with Crippen LogP contribution in [0.1, 0.15) is 32.0 Å². The fourth-order valence-corrected chi connectivity index (χ4v) is 4.03. The van der Waals surface area contributed by atoms with Gasteiger partial charge in [-0.25, -0.2) is 19.6 Å². The van der Waals surface area contributed by atoms with Crippen LogP contribution in [0, 0.1) is 24.0 Å². The van der Waals surface area contributed by atoms with Gasteiger partial charge in [0, 0.05) is 17.6 Å². The molecule has 0 saturated carbocycles. The van der Waals surface area contributed by atoms with Gasteiger partial charge in [0.25, 0.3) is 0 Å². The van der Waals surface area contributed by atoms with Crippen molar-refractivity contribution in [1.29, 1.82) is 0 Å². The van der Waals surface area contributed by atoms with E-state index in [4.69, 9.17) is 9.47 Å². The van der Waals surface area contributed by atoms with Crippen molar-refractivity contribution in [3.8, 4) is 0 Å². The zero-order valence-corrected chi connectivity index (χ0v) is 20.9. The molecule has 1 fully saturated rings. The summed E-state index contributed by atoms with van der Waals surface area (Å²) in [5, 5.41) is 11.9. The molecule has 1 aliphatic heterocycles. The summed E-state index contributed by atoms with van der Waals surface area (Å²) in [6.45, 7) is 9.13. The Kier molecular flexibility index (Phi) is 6.78.